The van der Waals surface area contributed by atoms with Crippen LogP contribution in [0.3, 0.4) is 0 Å². The Morgan fingerprint density at radius 3 is 0.683 bits per heavy atom. The normalized spacial score (nSPS) is 10.6. The maximum Gasteiger partial charge on any atom is 0.167 e. The number of fused-ring (bicyclic) bond motifs is 3. The number of hydrogen-bond acceptors (Lipinski definition) is 15. The first-order chi connectivity index (χ1) is 49.0. The number of aliphatic hydroxyl groups is 15. The van der Waals surface area contributed by atoms with E-state index in [1.54, 1.807) is 42.5 Å². The SMILES string of the molecule is OCc1c(F)c(F)c(CO)c(F)c1F.OCc1cc(CO)cc(CO)c1.OCc1ccc(-c2ccc(CO)cc2)cc1.OCc1ccc(CO)c2ccccc12.OCc1ccc(CO)cc1.OCc1ccc(Cc2ccc(CO)cc2)cc1.OCc1cccc2cc3cccc(CO)c3cc12. The molecule has 0 aromatic heterocycles. The van der Waals surface area contributed by atoms with Crippen molar-refractivity contribution in [3.8, 4) is 11.1 Å². The van der Waals surface area contributed by atoms with Crippen molar-refractivity contribution in [1.29, 1.82) is 0 Å². The highest BCUT2D eigenvalue weighted by atomic mass is 19.2. The highest BCUT2D eigenvalue weighted by Crippen LogP contribution is 2.29. The van der Waals surface area contributed by atoms with Crippen LogP contribution in [-0.4, -0.2) is 76.6 Å². The van der Waals surface area contributed by atoms with Gasteiger partial charge in [0, 0.05) is 0 Å². The molecule has 15 nitrogen and oxygen atoms in total. The minimum Gasteiger partial charge on any atom is -0.392 e. The fraction of sp³-hybridized carbons (Fsp3) is 0.195. The van der Waals surface area contributed by atoms with E-state index in [0.29, 0.717) is 16.7 Å². The van der Waals surface area contributed by atoms with E-state index in [-0.39, 0.29) is 85.9 Å². The van der Waals surface area contributed by atoms with Gasteiger partial charge in [-0.25, -0.2) is 17.6 Å². The molecule has 0 saturated heterocycles. The van der Waals surface area contributed by atoms with Gasteiger partial charge in [-0.1, -0.05) is 212 Å². The Hall–Kier alpha value is -9.46. The number of benzene rings is 12. The van der Waals surface area contributed by atoms with E-state index in [1.165, 1.54) is 11.1 Å². The van der Waals surface area contributed by atoms with Crippen LogP contribution in [0.15, 0.2) is 224 Å². The van der Waals surface area contributed by atoms with E-state index in [4.69, 9.17) is 66.4 Å². The van der Waals surface area contributed by atoms with Gasteiger partial charge in [0.2, 0.25) is 0 Å². The fourth-order valence-corrected chi connectivity index (χ4v) is 10.4. The lowest BCUT2D eigenvalue weighted by atomic mass is 9.97. The summed E-state index contributed by atoms with van der Waals surface area (Å²) in [5.74, 6) is -6.74. The van der Waals surface area contributed by atoms with Crippen molar-refractivity contribution in [2.75, 3.05) is 0 Å². The molecule has 12 aromatic rings. The van der Waals surface area contributed by atoms with Gasteiger partial charge in [-0.2, -0.15) is 0 Å². The van der Waals surface area contributed by atoms with Crippen LogP contribution in [0.1, 0.15) is 94.6 Å². The van der Waals surface area contributed by atoms with Gasteiger partial charge in [-0.05, 0) is 145 Å². The summed E-state index contributed by atoms with van der Waals surface area (Å²) in [5.41, 5.74) is 13.7. The molecule has 101 heavy (non-hydrogen) atoms. The summed E-state index contributed by atoms with van der Waals surface area (Å²) in [6.45, 7) is -1.94. The number of aliphatic hydroxyl groups excluding tert-OH is 15. The van der Waals surface area contributed by atoms with Crippen molar-refractivity contribution >= 4 is 32.3 Å². The van der Waals surface area contributed by atoms with E-state index in [9.17, 15) is 27.8 Å². The second-order valence-corrected chi connectivity index (χ2v) is 22.8. The Morgan fingerprint density at radius 1 is 0.188 bits per heavy atom. The third kappa shape index (κ3) is 23.3. The van der Waals surface area contributed by atoms with E-state index in [1.807, 2.05) is 170 Å². The molecular weight excluding hydrogens is 1300 g/mol. The monoisotopic (exact) mass is 1380 g/mol. The molecule has 0 saturated carbocycles. The van der Waals surface area contributed by atoms with E-state index in [2.05, 4.69) is 12.1 Å². The molecule has 0 aliphatic heterocycles. The molecule has 0 aliphatic rings. The molecule has 15 N–H and O–H groups in total. The van der Waals surface area contributed by atoms with Crippen molar-refractivity contribution in [3.63, 3.8) is 0 Å². The van der Waals surface area contributed by atoms with E-state index >= 15 is 0 Å². The Balaban J connectivity index is 0.000000187. The first kappa shape index (κ1) is 80.5. The quantitative estimate of drug-likeness (QED) is 0.0216. The van der Waals surface area contributed by atoms with Crippen molar-refractivity contribution < 1.29 is 94.2 Å². The van der Waals surface area contributed by atoms with Crippen molar-refractivity contribution in [3.05, 3.63) is 342 Å². The molecule has 0 aliphatic carbocycles. The van der Waals surface area contributed by atoms with Crippen molar-refractivity contribution in [1.82, 2.24) is 0 Å². The van der Waals surface area contributed by atoms with Gasteiger partial charge in [0.15, 0.2) is 23.3 Å². The molecule has 0 bridgehead atoms. The Morgan fingerprint density at radius 2 is 0.436 bits per heavy atom. The second-order valence-electron chi connectivity index (χ2n) is 22.8. The van der Waals surface area contributed by atoms with Crippen LogP contribution < -0.4 is 0 Å². The maximum atomic E-state index is 12.8. The number of rotatable bonds is 18. The third-order valence-corrected chi connectivity index (χ3v) is 16.1. The summed E-state index contributed by atoms with van der Waals surface area (Å²) >= 11 is 0. The van der Waals surface area contributed by atoms with Crippen LogP contribution >= 0.6 is 0 Å². The zero-order valence-electron chi connectivity index (χ0n) is 55.4. The lowest BCUT2D eigenvalue weighted by molar-refractivity contribution is 0.247. The molecule has 0 spiro atoms. The lowest BCUT2D eigenvalue weighted by Gasteiger charge is -2.08. The van der Waals surface area contributed by atoms with Gasteiger partial charge < -0.3 is 76.6 Å². The summed E-state index contributed by atoms with van der Waals surface area (Å²) in [5, 5.41) is 140. The molecule has 530 valence electrons. The molecule has 0 unspecified atom stereocenters. The average Bonchev–Trinajstić information content (AvgIpc) is 0.786. The molecule has 19 heteroatoms. The summed E-state index contributed by atoms with van der Waals surface area (Å²) in [7, 11) is 0. The predicted molar refractivity (Wildman–Crippen MR) is 381 cm³/mol. The van der Waals surface area contributed by atoms with E-state index in [0.717, 1.165) is 105 Å². The lowest BCUT2D eigenvalue weighted by Crippen LogP contribution is -2.08. The third-order valence-electron chi connectivity index (χ3n) is 16.1. The van der Waals surface area contributed by atoms with Crippen LogP contribution in [0.25, 0.3) is 43.4 Å². The van der Waals surface area contributed by atoms with Crippen LogP contribution in [0.5, 0.6) is 0 Å². The maximum absolute atomic E-state index is 12.8. The van der Waals surface area contributed by atoms with Gasteiger partial charge in [0.25, 0.3) is 0 Å². The fourth-order valence-electron chi connectivity index (χ4n) is 10.4. The second kappa shape index (κ2) is 42.6. The zero-order valence-corrected chi connectivity index (χ0v) is 55.4. The molecule has 0 radical (unpaired) electrons. The Kier molecular flexibility index (Phi) is 34.0. The topological polar surface area (TPSA) is 303 Å². The number of hydrogen-bond donors (Lipinski definition) is 15. The van der Waals surface area contributed by atoms with Gasteiger partial charge in [-0.15, -0.1) is 0 Å². The molecule has 12 rings (SSSR count). The molecule has 0 heterocycles. The first-order valence-corrected chi connectivity index (χ1v) is 32.0. The summed E-state index contributed by atoms with van der Waals surface area (Å²) in [4.78, 5) is 0. The van der Waals surface area contributed by atoms with Gasteiger partial charge in [0.05, 0.1) is 110 Å². The largest absolute Gasteiger partial charge is 0.392 e. The molecule has 0 fully saturated rings. The molecule has 0 atom stereocenters. The highest BCUT2D eigenvalue weighted by molar-refractivity contribution is 6.01. The van der Waals surface area contributed by atoms with Crippen LogP contribution in [0, 0.1) is 23.3 Å². The van der Waals surface area contributed by atoms with Crippen LogP contribution in [-0.2, 0) is 106 Å². The highest BCUT2D eigenvalue weighted by Gasteiger charge is 2.24. The first-order valence-electron chi connectivity index (χ1n) is 32.0. The minimum absolute atomic E-state index is 0.0319. The van der Waals surface area contributed by atoms with Gasteiger partial charge >= 0.3 is 0 Å². The van der Waals surface area contributed by atoms with Gasteiger partial charge in [-0.3, -0.25) is 0 Å². The summed E-state index contributed by atoms with van der Waals surface area (Å²) < 4.78 is 51.4. The Labute approximate surface area is 582 Å². The summed E-state index contributed by atoms with van der Waals surface area (Å²) in [6, 6.07) is 71.3. The van der Waals surface area contributed by atoms with Crippen molar-refractivity contribution in [2.24, 2.45) is 0 Å². The smallest absolute Gasteiger partial charge is 0.167 e. The van der Waals surface area contributed by atoms with Gasteiger partial charge in [0.1, 0.15) is 0 Å². The van der Waals surface area contributed by atoms with Crippen LogP contribution in [0.2, 0.25) is 0 Å². The predicted octanol–water partition coefficient (Wildman–Crippen LogP) is 11.5. The Bertz CT molecular complexity index is 4130. The number of halogens is 4. The molecule has 0 amide bonds. The minimum atomic E-state index is -1.68. The summed E-state index contributed by atoms with van der Waals surface area (Å²) in [6.07, 6.45) is 0.872. The standard InChI is InChI=1S/C16H14O2.C15H16O2.C14H14O2.C12H12O2.C9H12O3.C8H6F4O2.C8H10O2/c17-9-13-5-1-3-11-7-12-4-2-6-14(10-18)16(12)8-15(11)13;16-10-14-5-1-12(2-6-14)9-13-3-7-15(11-17)8-4-13;15-9-11-1-5-13(6-2-11)14-7-3-12(10-16)4-8-14;13-7-9-5-6-10(8-14)12-4-2-1-3-11(9)12;10-4-7-1-8(5-11)3-9(2-7)6-12;9-5-3(1-13)6(10)8(12)4(2-14)7(5)11;9-5-7-1-2-8(6-10)4-3-7/h1-8,17-18H,9-10H2;1-8,16-17H,9-11H2;1-8,15-16H,9-10H2;1-6,13-14H,7-8H2;1-3,10-12H,4-6H2;13-14H,1-2H2;1-4,9-10H,5-6H2. The zero-order chi connectivity index (χ0) is 73.2. The van der Waals surface area contributed by atoms with Crippen molar-refractivity contribution in [2.45, 2.75) is 106 Å². The average molecular weight is 1390 g/mol. The molecular formula is C82H84F4O15. The van der Waals surface area contributed by atoms with E-state index < -0.39 is 47.6 Å². The molecule has 12 aromatic carbocycles. The van der Waals surface area contributed by atoms with Crippen LogP contribution in [0.4, 0.5) is 17.6 Å².